The number of para-hydroxylation sites is 2. The van der Waals surface area contributed by atoms with Crippen molar-refractivity contribution in [3.05, 3.63) is 47.9 Å². The van der Waals surface area contributed by atoms with Crippen LogP contribution in [0, 0.1) is 12.8 Å². The first-order valence-electron chi connectivity index (χ1n) is 10.7. The number of piperidine rings is 1. The number of rotatable bonds is 4. The van der Waals surface area contributed by atoms with Crippen molar-refractivity contribution in [2.24, 2.45) is 5.92 Å². The molecule has 3 amide bonds. The van der Waals surface area contributed by atoms with E-state index in [9.17, 15) is 9.59 Å². The number of fused-ring (bicyclic) bond motifs is 1. The maximum absolute atomic E-state index is 13.3. The summed E-state index contributed by atoms with van der Waals surface area (Å²) < 4.78 is 11.5. The summed E-state index contributed by atoms with van der Waals surface area (Å²) in [5.41, 5.74) is 0.820. The molecule has 1 atom stereocenters. The van der Waals surface area contributed by atoms with Gasteiger partial charge in [0.1, 0.15) is 23.4 Å². The van der Waals surface area contributed by atoms with Crippen molar-refractivity contribution in [1.29, 1.82) is 0 Å². The Labute approximate surface area is 177 Å². The Morgan fingerprint density at radius 3 is 2.60 bits per heavy atom. The van der Waals surface area contributed by atoms with E-state index in [2.05, 4.69) is 12.2 Å². The molecular weight excluding hydrogens is 382 g/mol. The minimum Gasteiger partial charge on any atom is -0.486 e. The van der Waals surface area contributed by atoms with Crippen molar-refractivity contribution >= 4 is 17.6 Å². The highest BCUT2D eigenvalue weighted by Crippen LogP contribution is 2.35. The number of benzene rings is 1. The molecule has 2 aromatic rings. The van der Waals surface area contributed by atoms with E-state index in [1.807, 2.05) is 53.1 Å². The van der Waals surface area contributed by atoms with Gasteiger partial charge in [0.25, 0.3) is 0 Å². The van der Waals surface area contributed by atoms with Gasteiger partial charge in [0.2, 0.25) is 5.91 Å². The van der Waals surface area contributed by atoms with Gasteiger partial charge < -0.3 is 19.4 Å². The number of carbonyl (C=O) groups is 2. The molecule has 3 heterocycles. The zero-order valence-corrected chi connectivity index (χ0v) is 17.6. The van der Waals surface area contributed by atoms with Crippen LogP contribution < -0.4 is 15.0 Å². The predicted molar refractivity (Wildman–Crippen MR) is 113 cm³/mol. The smallest absolute Gasteiger partial charge is 0.324 e. The molecule has 7 heteroatoms. The Bertz CT molecular complexity index is 901. The van der Waals surface area contributed by atoms with Crippen LogP contribution in [0.5, 0.6) is 5.75 Å². The number of anilines is 1. The molecule has 160 valence electrons. The molecule has 1 N–H and O–H groups in total. The summed E-state index contributed by atoms with van der Waals surface area (Å²) in [5.74, 6) is 2.29. The molecular formula is C23H29N3O4. The Morgan fingerprint density at radius 2 is 1.90 bits per heavy atom. The number of aryl methyl sites for hydroxylation is 1. The minimum atomic E-state index is -0.0783. The summed E-state index contributed by atoms with van der Waals surface area (Å²) in [7, 11) is 0. The van der Waals surface area contributed by atoms with E-state index in [0.29, 0.717) is 39.0 Å². The van der Waals surface area contributed by atoms with Gasteiger partial charge in [-0.1, -0.05) is 19.1 Å². The number of furan rings is 1. The largest absolute Gasteiger partial charge is 0.486 e. The molecule has 0 spiro atoms. The summed E-state index contributed by atoms with van der Waals surface area (Å²) in [6.45, 7) is 6.05. The van der Waals surface area contributed by atoms with Gasteiger partial charge >= 0.3 is 6.03 Å². The summed E-state index contributed by atoms with van der Waals surface area (Å²) in [6, 6.07) is 11.4. The number of urea groups is 1. The molecule has 4 rings (SSSR count). The Balaban J connectivity index is 1.33. The molecule has 7 nitrogen and oxygen atoms in total. The number of hydrogen-bond acceptors (Lipinski definition) is 4. The number of nitrogens with zero attached hydrogens (tertiary/aromatic N) is 2. The molecule has 2 aliphatic rings. The zero-order valence-electron chi connectivity index (χ0n) is 17.6. The quantitative estimate of drug-likeness (QED) is 0.832. The van der Waals surface area contributed by atoms with Crippen LogP contribution in [0.1, 0.15) is 37.7 Å². The summed E-state index contributed by atoms with van der Waals surface area (Å²) >= 11 is 0. The number of nitrogens with one attached hydrogen (secondary N) is 1. The fourth-order valence-electron chi connectivity index (χ4n) is 4.09. The third-order valence-electron chi connectivity index (χ3n) is 5.89. The third kappa shape index (κ3) is 4.30. The molecule has 0 radical (unpaired) electrons. The van der Waals surface area contributed by atoms with Gasteiger partial charge in [0.15, 0.2) is 0 Å². The molecule has 1 aromatic carbocycles. The number of amides is 3. The maximum Gasteiger partial charge on any atom is 0.324 e. The van der Waals surface area contributed by atoms with Crippen LogP contribution in [-0.2, 0) is 11.3 Å². The van der Waals surface area contributed by atoms with Gasteiger partial charge in [-0.25, -0.2) is 4.79 Å². The van der Waals surface area contributed by atoms with E-state index in [1.54, 1.807) is 0 Å². The van der Waals surface area contributed by atoms with Crippen molar-refractivity contribution in [3.8, 4) is 5.75 Å². The Hall–Kier alpha value is -2.96. The van der Waals surface area contributed by atoms with Gasteiger partial charge in [-0.05, 0) is 50.5 Å². The minimum absolute atomic E-state index is 0.00240. The molecule has 1 saturated heterocycles. The van der Waals surface area contributed by atoms with Gasteiger partial charge in [-0.15, -0.1) is 0 Å². The molecule has 1 fully saturated rings. The van der Waals surface area contributed by atoms with Crippen LogP contribution >= 0.6 is 0 Å². The molecule has 0 bridgehead atoms. The number of ether oxygens (including phenoxy) is 1. The summed E-state index contributed by atoms with van der Waals surface area (Å²) in [5, 5.41) is 2.95. The number of hydrogen-bond donors (Lipinski definition) is 1. The van der Waals surface area contributed by atoms with Crippen molar-refractivity contribution in [1.82, 2.24) is 10.2 Å². The lowest BCUT2D eigenvalue weighted by atomic mass is 9.96. The van der Waals surface area contributed by atoms with Crippen molar-refractivity contribution in [2.75, 3.05) is 24.5 Å². The van der Waals surface area contributed by atoms with Crippen LogP contribution in [0.25, 0.3) is 0 Å². The first-order chi connectivity index (χ1) is 14.5. The molecule has 30 heavy (non-hydrogen) atoms. The van der Waals surface area contributed by atoms with E-state index in [1.165, 1.54) is 0 Å². The van der Waals surface area contributed by atoms with Crippen LogP contribution in [0.2, 0.25) is 0 Å². The molecule has 2 aliphatic heterocycles. The zero-order chi connectivity index (χ0) is 21.1. The van der Waals surface area contributed by atoms with Crippen LogP contribution in [0.4, 0.5) is 10.5 Å². The predicted octanol–water partition coefficient (Wildman–Crippen LogP) is 3.71. The number of likely N-dealkylation sites (tertiary alicyclic amines) is 1. The van der Waals surface area contributed by atoms with Gasteiger partial charge in [0, 0.05) is 19.0 Å². The summed E-state index contributed by atoms with van der Waals surface area (Å²) in [6.07, 6.45) is 2.17. The second-order valence-electron chi connectivity index (χ2n) is 8.00. The molecule has 0 aliphatic carbocycles. The second kappa shape index (κ2) is 8.81. The Morgan fingerprint density at radius 1 is 1.13 bits per heavy atom. The van der Waals surface area contributed by atoms with Crippen LogP contribution in [0.15, 0.2) is 40.8 Å². The highest BCUT2D eigenvalue weighted by Gasteiger charge is 2.34. The molecule has 0 unspecified atom stereocenters. The van der Waals surface area contributed by atoms with E-state index in [0.717, 1.165) is 29.4 Å². The van der Waals surface area contributed by atoms with Gasteiger partial charge in [-0.3, -0.25) is 9.69 Å². The van der Waals surface area contributed by atoms with Crippen LogP contribution in [-0.4, -0.2) is 42.6 Å². The second-order valence-corrected chi connectivity index (χ2v) is 8.00. The first-order valence-corrected chi connectivity index (χ1v) is 10.7. The topological polar surface area (TPSA) is 75.0 Å². The average molecular weight is 412 g/mol. The fourth-order valence-corrected chi connectivity index (χ4v) is 4.09. The first kappa shape index (κ1) is 20.3. The Kier molecular flexibility index (Phi) is 5.97. The standard InChI is InChI=1S/C23H29N3O4/c1-3-18-15-26(20-6-4-5-7-21(20)30-18)23(28)25-12-10-17(11-13-25)22(27)24-14-19-9-8-16(2)29-19/h4-9,17-18H,3,10-15H2,1-2H3,(H,24,27)/t18-/m0/s1. The highest BCUT2D eigenvalue weighted by atomic mass is 16.5. The molecule has 1 aromatic heterocycles. The SMILES string of the molecule is CC[C@H]1CN(C(=O)N2CCC(C(=O)NCc3ccc(C)o3)CC2)c2ccccc2O1. The maximum atomic E-state index is 13.3. The molecule has 0 saturated carbocycles. The van der Waals surface area contributed by atoms with E-state index < -0.39 is 0 Å². The lowest BCUT2D eigenvalue weighted by Crippen LogP contribution is -2.52. The fraction of sp³-hybridized carbons (Fsp3) is 0.478. The van der Waals surface area contributed by atoms with Gasteiger partial charge in [-0.2, -0.15) is 0 Å². The normalized spacial score (nSPS) is 19.2. The monoisotopic (exact) mass is 411 g/mol. The van der Waals surface area contributed by atoms with E-state index in [4.69, 9.17) is 9.15 Å². The van der Waals surface area contributed by atoms with Crippen molar-refractivity contribution in [2.45, 2.75) is 45.8 Å². The van der Waals surface area contributed by atoms with E-state index >= 15 is 0 Å². The van der Waals surface area contributed by atoms with Crippen LogP contribution in [0.3, 0.4) is 0 Å². The average Bonchev–Trinajstić information content (AvgIpc) is 3.21. The lowest BCUT2D eigenvalue weighted by Gasteiger charge is -2.39. The third-order valence-corrected chi connectivity index (χ3v) is 5.89. The lowest BCUT2D eigenvalue weighted by molar-refractivity contribution is -0.126. The van der Waals surface area contributed by atoms with Gasteiger partial charge in [0.05, 0.1) is 18.8 Å². The van der Waals surface area contributed by atoms with Crippen molar-refractivity contribution in [3.63, 3.8) is 0 Å². The summed E-state index contributed by atoms with van der Waals surface area (Å²) in [4.78, 5) is 29.5. The highest BCUT2D eigenvalue weighted by molar-refractivity contribution is 5.94. The van der Waals surface area contributed by atoms with E-state index in [-0.39, 0.29) is 24.0 Å². The number of carbonyl (C=O) groups excluding carboxylic acids is 2. The van der Waals surface area contributed by atoms with Crippen molar-refractivity contribution < 1.29 is 18.7 Å².